The molecule has 116 valence electrons. The molecule has 2 heteroatoms. The number of phenols is 2. The van der Waals surface area contributed by atoms with E-state index in [0.717, 1.165) is 11.1 Å². The molecular formula is C21H20O2. The Kier molecular flexibility index (Phi) is 3.83. The maximum Gasteiger partial charge on any atom is 0.127 e. The Morgan fingerprint density at radius 2 is 1.22 bits per heavy atom. The summed E-state index contributed by atoms with van der Waals surface area (Å²) in [6.45, 7) is 4.35. The molecule has 23 heavy (non-hydrogen) atoms. The van der Waals surface area contributed by atoms with E-state index in [4.69, 9.17) is 0 Å². The second-order valence-corrected chi connectivity index (χ2v) is 6.24. The van der Waals surface area contributed by atoms with E-state index in [2.05, 4.69) is 32.0 Å². The summed E-state index contributed by atoms with van der Waals surface area (Å²) in [6.07, 6.45) is 0. The van der Waals surface area contributed by atoms with Gasteiger partial charge >= 0.3 is 0 Å². The molecule has 0 aliphatic rings. The van der Waals surface area contributed by atoms with Gasteiger partial charge in [-0.25, -0.2) is 0 Å². The highest BCUT2D eigenvalue weighted by Crippen LogP contribution is 2.39. The molecule has 0 saturated carbocycles. The third-order valence-corrected chi connectivity index (χ3v) is 4.39. The number of aromatic hydroxyl groups is 2. The number of rotatable bonds is 3. The minimum absolute atomic E-state index is 0.0830. The monoisotopic (exact) mass is 304 g/mol. The molecule has 3 aromatic carbocycles. The zero-order valence-electron chi connectivity index (χ0n) is 13.3. The fraction of sp³-hybridized carbons (Fsp3) is 0.143. The van der Waals surface area contributed by atoms with E-state index in [0.29, 0.717) is 5.56 Å². The molecule has 0 aliphatic carbocycles. The molecule has 0 radical (unpaired) electrons. The molecule has 0 aromatic heterocycles. The van der Waals surface area contributed by atoms with Crippen molar-refractivity contribution in [1.29, 1.82) is 0 Å². The molecule has 0 bridgehead atoms. The van der Waals surface area contributed by atoms with Gasteiger partial charge in [0.25, 0.3) is 0 Å². The highest BCUT2D eigenvalue weighted by molar-refractivity contribution is 5.76. The average molecular weight is 304 g/mol. The first-order valence-electron chi connectivity index (χ1n) is 7.67. The quantitative estimate of drug-likeness (QED) is 0.707. The second-order valence-electron chi connectivity index (χ2n) is 6.24. The van der Waals surface area contributed by atoms with Gasteiger partial charge in [0.2, 0.25) is 0 Å². The van der Waals surface area contributed by atoms with Crippen LogP contribution in [0.5, 0.6) is 11.5 Å². The zero-order chi connectivity index (χ0) is 16.4. The summed E-state index contributed by atoms with van der Waals surface area (Å²) in [4.78, 5) is 0. The fourth-order valence-electron chi connectivity index (χ4n) is 2.91. The van der Waals surface area contributed by atoms with Crippen molar-refractivity contribution in [2.75, 3.05) is 0 Å². The Hall–Kier alpha value is -2.74. The normalized spacial score (nSPS) is 11.4. The predicted octanol–water partition coefficient (Wildman–Crippen LogP) is 5.09. The van der Waals surface area contributed by atoms with Gasteiger partial charge in [-0.1, -0.05) is 68.4 Å². The van der Waals surface area contributed by atoms with Crippen molar-refractivity contribution < 1.29 is 10.2 Å². The summed E-state index contributed by atoms with van der Waals surface area (Å²) < 4.78 is 0. The van der Waals surface area contributed by atoms with Crippen molar-refractivity contribution >= 4 is 0 Å². The van der Waals surface area contributed by atoms with Crippen molar-refractivity contribution in [1.82, 2.24) is 0 Å². The third-order valence-electron chi connectivity index (χ3n) is 4.39. The molecule has 0 spiro atoms. The van der Waals surface area contributed by atoms with E-state index in [9.17, 15) is 10.2 Å². The van der Waals surface area contributed by atoms with E-state index in [-0.39, 0.29) is 16.9 Å². The van der Waals surface area contributed by atoms with Gasteiger partial charge in [-0.3, -0.25) is 0 Å². The summed E-state index contributed by atoms with van der Waals surface area (Å²) in [7, 11) is 0. The SMILES string of the molecule is CC(C)(c1ccccc1)c1cccc(-c2c(O)cccc2O)c1. The van der Waals surface area contributed by atoms with Gasteiger partial charge < -0.3 is 10.2 Å². The van der Waals surface area contributed by atoms with E-state index >= 15 is 0 Å². The lowest BCUT2D eigenvalue weighted by Crippen LogP contribution is -2.18. The first-order chi connectivity index (χ1) is 11.0. The molecular weight excluding hydrogens is 284 g/mol. The smallest absolute Gasteiger partial charge is 0.127 e. The maximum absolute atomic E-state index is 10.1. The van der Waals surface area contributed by atoms with E-state index < -0.39 is 0 Å². The third kappa shape index (κ3) is 2.80. The Balaban J connectivity index is 2.11. The van der Waals surface area contributed by atoms with Gasteiger partial charge in [0.05, 0.1) is 5.56 Å². The van der Waals surface area contributed by atoms with Crippen LogP contribution in [0.25, 0.3) is 11.1 Å². The Morgan fingerprint density at radius 1 is 0.652 bits per heavy atom. The van der Waals surface area contributed by atoms with Crippen LogP contribution in [0.3, 0.4) is 0 Å². The van der Waals surface area contributed by atoms with Crippen LogP contribution in [0.1, 0.15) is 25.0 Å². The highest BCUT2D eigenvalue weighted by Gasteiger charge is 2.23. The summed E-state index contributed by atoms with van der Waals surface area (Å²) in [5.74, 6) is 0.166. The lowest BCUT2D eigenvalue weighted by Gasteiger charge is -2.26. The summed E-state index contributed by atoms with van der Waals surface area (Å²) >= 11 is 0. The lowest BCUT2D eigenvalue weighted by atomic mass is 9.77. The summed E-state index contributed by atoms with van der Waals surface area (Å²) in [6, 6.07) is 23.1. The number of hydrogen-bond donors (Lipinski definition) is 2. The van der Waals surface area contributed by atoms with Gasteiger partial charge in [-0.05, 0) is 34.9 Å². The second kappa shape index (κ2) is 5.81. The summed E-state index contributed by atoms with van der Waals surface area (Å²) in [5, 5.41) is 20.2. The minimum atomic E-state index is -0.169. The Morgan fingerprint density at radius 3 is 1.87 bits per heavy atom. The summed E-state index contributed by atoms with van der Waals surface area (Å²) in [5.41, 5.74) is 3.46. The van der Waals surface area contributed by atoms with Crippen LogP contribution in [0.15, 0.2) is 72.8 Å². The first-order valence-corrected chi connectivity index (χ1v) is 7.67. The van der Waals surface area contributed by atoms with Crippen LogP contribution in [0, 0.1) is 0 Å². The topological polar surface area (TPSA) is 40.5 Å². The van der Waals surface area contributed by atoms with E-state index in [1.807, 2.05) is 36.4 Å². The van der Waals surface area contributed by atoms with Crippen LogP contribution in [0.2, 0.25) is 0 Å². The number of hydrogen-bond acceptors (Lipinski definition) is 2. The van der Waals surface area contributed by atoms with Crippen LogP contribution in [-0.4, -0.2) is 10.2 Å². The van der Waals surface area contributed by atoms with Gasteiger partial charge in [-0.2, -0.15) is 0 Å². The van der Waals surface area contributed by atoms with Crippen LogP contribution >= 0.6 is 0 Å². The van der Waals surface area contributed by atoms with Crippen molar-refractivity contribution in [2.24, 2.45) is 0 Å². The fourth-order valence-corrected chi connectivity index (χ4v) is 2.91. The average Bonchev–Trinajstić information content (AvgIpc) is 2.56. The first kappa shape index (κ1) is 15.2. The highest BCUT2D eigenvalue weighted by atomic mass is 16.3. The lowest BCUT2D eigenvalue weighted by molar-refractivity contribution is 0.454. The molecule has 0 unspecified atom stereocenters. The van der Waals surface area contributed by atoms with Gasteiger partial charge in [0.1, 0.15) is 11.5 Å². The van der Waals surface area contributed by atoms with E-state index in [1.54, 1.807) is 18.2 Å². The zero-order valence-corrected chi connectivity index (χ0v) is 13.3. The molecule has 0 amide bonds. The van der Waals surface area contributed by atoms with Crippen molar-refractivity contribution in [2.45, 2.75) is 19.3 Å². The predicted molar refractivity (Wildman–Crippen MR) is 93.8 cm³/mol. The van der Waals surface area contributed by atoms with Gasteiger partial charge in [0, 0.05) is 5.41 Å². The van der Waals surface area contributed by atoms with Crippen molar-refractivity contribution in [3.8, 4) is 22.6 Å². The largest absolute Gasteiger partial charge is 0.507 e. The molecule has 0 saturated heterocycles. The van der Waals surface area contributed by atoms with E-state index in [1.165, 1.54) is 5.56 Å². The van der Waals surface area contributed by atoms with Gasteiger partial charge in [0.15, 0.2) is 0 Å². The number of phenolic OH excluding ortho intramolecular Hbond substituents is 2. The molecule has 0 aliphatic heterocycles. The van der Waals surface area contributed by atoms with Gasteiger partial charge in [-0.15, -0.1) is 0 Å². The molecule has 2 N–H and O–H groups in total. The minimum Gasteiger partial charge on any atom is -0.507 e. The van der Waals surface area contributed by atoms with Crippen LogP contribution < -0.4 is 0 Å². The molecule has 3 rings (SSSR count). The maximum atomic E-state index is 10.1. The molecule has 3 aromatic rings. The van der Waals surface area contributed by atoms with Crippen LogP contribution in [0.4, 0.5) is 0 Å². The molecule has 0 heterocycles. The van der Waals surface area contributed by atoms with Crippen molar-refractivity contribution in [3.05, 3.63) is 83.9 Å². The molecule has 0 fully saturated rings. The standard InChI is InChI=1S/C21H20O2/c1-21(2,16-9-4-3-5-10-16)17-11-6-8-15(14-17)20-18(22)12-7-13-19(20)23/h3-14,22-23H,1-2H3. The molecule has 2 nitrogen and oxygen atoms in total. The van der Waals surface area contributed by atoms with Crippen molar-refractivity contribution in [3.63, 3.8) is 0 Å². The Bertz CT molecular complexity index is 800. The Labute approximate surface area is 136 Å². The van der Waals surface area contributed by atoms with Crippen LogP contribution in [-0.2, 0) is 5.41 Å². The molecule has 0 atom stereocenters. The number of benzene rings is 3.